The lowest BCUT2D eigenvalue weighted by Crippen LogP contribution is -2.33. The van der Waals surface area contributed by atoms with Gasteiger partial charge in [-0.1, -0.05) is 15.9 Å². The Morgan fingerprint density at radius 2 is 2.12 bits per heavy atom. The third kappa shape index (κ3) is 4.84. The van der Waals surface area contributed by atoms with Crippen molar-refractivity contribution in [2.24, 2.45) is 0 Å². The Kier molecular flexibility index (Phi) is 6.11. The molecule has 1 aromatic rings. The molecule has 1 atom stereocenters. The summed E-state index contributed by atoms with van der Waals surface area (Å²) in [6.07, 6.45) is -0.560. The Bertz CT molecular complexity index is 597. The minimum Gasteiger partial charge on any atom is -0.444 e. The molecule has 1 aliphatic rings. The second kappa shape index (κ2) is 7.72. The molecule has 0 saturated heterocycles. The van der Waals surface area contributed by atoms with E-state index in [-0.39, 0.29) is 18.8 Å². The number of ether oxygens (including phenoxy) is 2. The van der Waals surface area contributed by atoms with Crippen LogP contribution in [0.2, 0.25) is 0 Å². The molecule has 2 N–H and O–H groups in total. The highest BCUT2D eigenvalue weighted by molar-refractivity contribution is 9.10. The average Bonchev–Trinajstić information content (AvgIpc) is 2.91. The monoisotopic (exact) mass is 400 g/mol. The molecule has 1 amide bonds. The highest BCUT2D eigenvalue weighted by atomic mass is 79.9. The molecule has 0 fully saturated rings. The topological polar surface area (TPSA) is 71.0 Å². The summed E-state index contributed by atoms with van der Waals surface area (Å²) in [7, 11) is 1.57. The molecule has 134 valence electrons. The van der Waals surface area contributed by atoms with Crippen molar-refractivity contribution in [3.63, 3.8) is 0 Å². The van der Waals surface area contributed by atoms with E-state index in [0.717, 1.165) is 21.3 Å². The lowest BCUT2D eigenvalue weighted by molar-refractivity contribution is 0.0241. The van der Waals surface area contributed by atoms with E-state index in [2.05, 4.69) is 21.2 Å². The van der Waals surface area contributed by atoms with Gasteiger partial charge < -0.3 is 19.9 Å². The maximum absolute atomic E-state index is 12.2. The number of methoxy groups -OCH3 is 1. The summed E-state index contributed by atoms with van der Waals surface area (Å²) in [5, 5.41) is 12.4. The minimum absolute atomic E-state index is 0.0397. The molecule has 1 aromatic carbocycles. The van der Waals surface area contributed by atoms with Crippen LogP contribution in [-0.2, 0) is 22.6 Å². The SMILES string of the molecule is COC(CO)CNc1cc(Br)c2c(c1)CN(C(=O)OC(C)(C)C)C2. The van der Waals surface area contributed by atoms with E-state index in [1.165, 1.54) is 0 Å². The van der Waals surface area contributed by atoms with Crippen LogP contribution >= 0.6 is 15.9 Å². The third-order valence-electron chi connectivity index (χ3n) is 3.72. The lowest BCUT2D eigenvalue weighted by Gasteiger charge is -2.24. The fourth-order valence-electron chi connectivity index (χ4n) is 2.48. The number of halogens is 1. The van der Waals surface area contributed by atoms with Gasteiger partial charge in [0.25, 0.3) is 0 Å². The number of carbonyl (C=O) groups is 1. The number of carbonyl (C=O) groups excluding carboxylic acids is 1. The van der Waals surface area contributed by atoms with Crippen molar-refractivity contribution >= 4 is 27.7 Å². The van der Waals surface area contributed by atoms with Gasteiger partial charge in [0.1, 0.15) is 5.60 Å². The molecular formula is C17H25BrN2O4. The Balaban J connectivity index is 2.06. The van der Waals surface area contributed by atoms with Crippen LogP contribution in [0.5, 0.6) is 0 Å². The van der Waals surface area contributed by atoms with Crippen LogP contribution in [-0.4, -0.2) is 48.1 Å². The zero-order valence-electron chi connectivity index (χ0n) is 14.6. The van der Waals surface area contributed by atoms with Crippen LogP contribution in [0.4, 0.5) is 10.5 Å². The average molecular weight is 401 g/mol. The van der Waals surface area contributed by atoms with Gasteiger partial charge in [-0.3, -0.25) is 4.90 Å². The van der Waals surface area contributed by atoms with E-state index >= 15 is 0 Å². The first-order valence-corrected chi connectivity index (χ1v) is 8.69. The Labute approximate surface area is 151 Å². The molecule has 7 heteroatoms. The number of nitrogens with one attached hydrogen (secondary N) is 1. The molecule has 0 bridgehead atoms. The largest absolute Gasteiger partial charge is 0.444 e. The molecule has 2 rings (SSSR count). The second-order valence-corrected chi connectivity index (χ2v) is 7.71. The van der Waals surface area contributed by atoms with Crippen molar-refractivity contribution in [3.05, 3.63) is 27.7 Å². The second-order valence-electron chi connectivity index (χ2n) is 6.85. The van der Waals surface area contributed by atoms with Gasteiger partial charge >= 0.3 is 6.09 Å². The number of aliphatic hydroxyl groups is 1. The van der Waals surface area contributed by atoms with Crippen LogP contribution in [0.3, 0.4) is 0 Å². The van der Waals surface area contributed by atoms with Crippen LogP contribution in [0.1, 0.15) is 31.9 Å². The smallest absolute Gasteiger partial charge is 0.410 e. The summed E-state index contributed by atoms with van der Waals surface area (Å²) < 4.78 is 11.5. The Hall–Kier alpha value is -1.31. The van der Waals surface area contributed by atoms with E-state index in [0.29, 0.717) is 19.6 Å². The molecule has 6 nitrogen and oxygen atoms in total. The molecule has 0 aromatic heterocycles. The number of nitrogens with zero attached hydrogens (tertiary/aromatic N) is 1. The molecule has 1 heterocycles. The van der Waals surface area contributed by atoms with E-state index in [4.69, 9.17) is 14.6 Å². The van der Waals surface area contributed by atoms with Crippen molar-refractivity contribution in [1.82, 2.24) is 4.90 Å². The predicted molar refractivity (Wildman–Crippen MR) is 96.0 cm³/mol. The lowest BCUT2D eigenvalue weighted by atomic mass is 10.1. The van der Waals surface area contributed by atoms with Crippen molar-refractivity contribution in [2.75, 3.05) is 25.6 Å². The molecule has 1 unspecified atom stereocenters. The molecule has 1 aliphatic heterocycles. The van der Waals surface area contributed by atoms with Crippen molar-refractivity contribution in [3.8, 4) is 0 Å². The van der Waals surface area contributed by atoms with Gasteiger partial charge in [-0.05, 0) is 44.0 Å². The summed E-state index contributed by atoms with van der Waals surface area (Å²) in [5.74, 6) is 0. The zero-order valence-corrected chi connectivity index (χ0v) is 16.1. The van der Waals surface area contributed by atoms with Gasteiger partial charge in [-0.15, -0.1) is 0 Å². The highest BCUT2D eigenvalue weighted by Crippen LogP contribution is 2.33. The number of amides is 1. The molecule has 0 radical (unpaired) electrons. The number of rotatable bonds is 5. The summed E-state index contributed by atoms with van der Waals surface area (Å²) >= 11 is 3.58. The molecule has 0 aliphatic carbocycles. The van der Waals surface area contributed by atoms with Crippen molar-refractivity contribution in [2.45, 2.75) is 45.6 Å². The maximum atomic E-state index is 12.2. The Morgan fingerprint density at radius 3 is 2.71 bits per heavy atom. The number of hydrogen-bond acceptors (Lipinski definition) is 5. The Morgan fingerprint density at radius 1 is 1.42 bits per heavy atom. The third-order valence-corrected chi connectivity index (χ3v) is 4.43. The number of aliphatic hydroxyl groups excluding tert-OH is 1. The van der Waals surface area contributed by atoms with E-state index in [1.54, 1.807) is 12.0 Å². The molecular weight excluding hydrogens is 376 g/mol. The number of hydrogen-bond donors (Lipinski definition) is 2. The van der Waals surface area contributed by atoms with Crippen LogP contribution in [0.15, 0.2) is 16.6 Å². The van der Waals surface area contributed by atoms with Gasteiger partial charge in [-0.2, -0.15) is 0 Å². The van der Waals surface area contributed by atoms with Gasteiger partial charge in [-0.25, -0.2) is 4.79 Å². The van der Waals surface area contributed by atoms with Crippen molar-refractivity contribution < 1.29 is 19.4 Å². The standard InChI is InChI=1S/C17H25BrN2O4/c1-17(2,3)24-16(22)20-8-11-5-12(6-15(18)14(11)9-20)19-7-13(10-21)23-4/h5-6,13,19,21H,7-10H2,1-4H3. The maximum Gasteiger partial charge on any atom is 0.410 e. The molecule has 0 spiro atoms. The van der Waals surface area contributed by atoms with Gasteiger partial charge in [0.15, 0.2) is 0 Å². The fraction of sp³-hybridized carbons (Fsp3) is 0.588. The zero-order chi connectivity index (χ0) is 17.9. The summed E-state index contributed by atoms with van der Waals surface area (Å²) in [4.78, 5) is 13.9. The van der Waals surface area contributed by atoms with E-state index < -0.39 is 5.60 Å². The summed E-state index contributed by atoms with van der Waals surface area (Å²) in [6, 6.07) is 4.00. The van der Waals surface area contributed by atoms with Gasteiger partial charge in [0, 0.05) is 30.4 Å². The quantitative estimate of drug-likeness (QED) is 0.794. The summed E-state index contributed by atoms with van der Waals surface area (Å²) in [5.41, 5.74) is 2.59. The minimum atomic E-state index is -0.505. The van der Waals surface area contributed by atoms with Crippen LogP contribution in [0.25, 0.3) is 0 Å². The number of fused-ring (bicyclic) bond motifs is 1. The van der Waals surface area contributed by atoms with Crippen LogP contribution < -0.4 is 5.32 Å². The normalized spacial score (nSPS) is 15.2. The van der Waals surface area contributed by atoms with Gasteiger partial charge in [0.05, 0.1) is 19.3 Å². The highest BCUT2D eigenvalue weighted by Gasteiger charge is 2.29. The van der Waals surface area contributed by atoms with Crippen LogP contribution in [0, 0.1) is 0 Å². The molecule has 0 saturated carbocycles. The van der Waals surface area contributed by atoms with E-state index in [9.17, 15) is 4.79 Å². The fourth-order valence-corrected chi connectivity index (χ4v) is 3.10. The van der Waals surface area contributed by atoms with Crippen molar-refractivity contribution in [1.29, 1.82) is 0 Å². The number of anilines is 1. The predicted octanol–water partition coefficient (Wildman–Crippen LogP) is 3.12. The number of benzene rings is 1. The first-order valence-electron chi connectivity index (χ1n) is 7.90. The molecule has 24 heavy (non-hydrogen) atoms. The summed E-state index contributed by atoms with van der Waals surface area (Å²) in [6.45, 7) is 7.10. The first kappa shape index (κ1) is 19.0. The first-order chi connectivity index (χ1) is 11.2. The van der Waals surface area contributed by atoms with Gasteiger partial charge in [0.2, 0.25) is 0 Å². The van der Waals surface area contributed by atoms with E-state index in [1.807, 2.05) is 32.9 Å².